The molecule has 0 unspecified atom stereocenters. The van der Waals surface area contributed by atoms with Crippen LogP contribution in [-0.4, -0.2) is 60.7 Å². The molecule has 0 atom stereocenters. The highest BCUT2D eigenvalue weighted by Gasteiger charge is 2.16. The molecule has 2 aromatic heterocycles. The lowest BCUT2D eigenvalue weighted by molar-refractivity contribution is 0.122. The second-order valence-electron chi connectivity index (χ2n) is 7.05. The lowest BCUT2D eigenvalue weighted by Gasteiger charge is -2.28. The van der Waals surface area contributed by atoms with E-state index < -0.39 is 0 Å². The molecule has 1 aromatic carbocycles. The van der Waals surface area contributed by atoms with Gasteiger partial charge in [0.05, 0.1) is 33.1 Å². The van der Waals surface area contributed by atoms with E-state index in [-0.39, 0.29) is 0 Å². The minimum Gasteiger partial charge on any atom is -0.497 e. The molecule has 2 N–H and O–H groups in total. The van der Waals surface area contributed by atoms with Gasteiger partial charge in [-0.3, -0.25) is 5.10 Å². The summed E-state index contributed by atoms with van der Waals surface area (Å²) in [5.74, 6) is 4.58. The van der Waals surface area contributed by atoms with Gasteiger partial charge in [0.1, 0.15) is 29.0 Å². The van der Waals surface area contributed by atoms with Crippen molar-refractivity contribution < 1.29 is 14.2 Å². The van der Waals surface area contributed by atoms with Gasteiger partial charge in [-0.05, 0) is 24.6 Å². The van der Waals surface area contributed by atoms with Crippen LogP contribution in [0.15, 0.2) is 35.5 Å². The molecule has 0 aliphatic carbocycles. The van der Waals surface area contributed by atoms with Gasteiger partial charge < -0.3 is 24.4 Å². The molecule has 9 nitrogen and oxygen atoms in total. The van der Waals surface area contributed by atoms with Crippen molar-refractivity contribution in [1.29, 1.82) is 0 Å². The van der Waals surface area contributed by atoms with Crippen molar-refractivity contribution in [1.82, 2.24) is 20.2 Å². The Labute approximate surface area is 185 Å². The van der Waals surface area contributed by atoms with Crippen molar-refractivity contribution in [2.75, 3.05) is 50.7 Å². The van der Waals surface area contributed by atoms with E-state index in [1.54, 1.807) is 26.0 Å². The number of H-pyrrole nitrogens is 1. The Morgan fingerprint density at radius 3 is 2.45 bits per heavy atom. The summed E-state index contributed by atoms with van der Waals surface area (Å²) in [6.07, 6.45) is 0. The van der Waals surface area contributed by atoms with Crippen LogP contribution >= 0.6 is 11.8 Å². The average molecular weight is 443 g/mol. The predicted molar refractivity (Wildman–Crippen MR) is 121 cm³/mol. The van der Waals surface area contributed by atoms with E-state index in [2.05, 4.69) is 20.4 Å². The van der Waals surface area contributed by atoms with Gasteiger partial charge in [-0.25, -0.2) is 9.97 Å². The van der Waals surface area contributed by atoms with E-state index in [0.29, 0.717) is 29.9 Å². The summed E-state index contributed by atoms with van der Waals surface area (Å²) in [5.41, 5.74) is 1.98. The van der Waals surface area contributed by atoms with Crippen LogP contribution in [0.5, 0.6) is 11.5 Å². The average Bonchev–Trinajstić information content (AvgIpc) is 3.22. The van der Waals surface area contributed by atoms with Crippen LogP contribution in [0.2, 0.25) is 0 Å². The minimum absolute atomic E-state index is 0.683. The maximum absolute atomic E-state index is 5.49. The lowest BCUT2D eigenvalue weighted by Crippen LogP contribution is -2.36. The molecule has 0 amide bonds. The molecule has 1 saturated heterocycles. The highest BCUT2D eigenvalue weighted by Crippen LogP contribution is 2.29. The first-order valence-electron chi connectivity index (χ1n) is 9.98. The number of benzene rings is 1. The van der Waals surface area contributed by atoms with Crippen molar-refractivity contribution in [3.05, 3.63) is 41.6 Å². The van der Waals surface area contributed by atoms with E-state index in [1.807, 2.05) is 37.3 Å². The van der Waals surface area contributed by atoms with Crippen LogP contribution in [0.4, 0.5) is 17.5 Å². The molecular formula is C21H26N6O3S. The van der Waals surface area contributed by atoms with Crippen LogP contribution in [0.3, 0.4) is 0 Å². The summed E-state index contributed by atoms with van der Waals surface area (Å²) < 4.78 is 16.2. The van der Waals surface area contributed by atoms with Crippen molar-refractivity contribution in [2.45, 2.75) is 17.8 Å². The quantitative estimate of drug-likeness (QED) is 0.402. The van der Waals surface area contributed by atoms with Crippen molar-refractivity contribution in [2.24, 2.45) is 0 Å². The number of aromatic nitrogens is 4. The first kappa shape index (κ1) is 21.3. The third kappa shape index (κ3) is 5.59. The maximum Gasteiger partial charge on any atom is 0.191 e. The number of nitrogens with zero attached hydrogens (tertiary/aromatic N) is 4. The number of aromatic amines is 1. The zero-order chi connectivity index (χ0) is 21.6. The Balaban J connectivity index is 1.57. The lowest BCUT2D eigenvalue weighted by atomic mass is 10.2. The van der Waals surface area contributed by atoms with E-state index in [1.165, 1.54) is 0 Å². The van der Waals surface area contributed by atoms with Gasteiger partial charge >= 0.3 is 0 Å². The standard InChI is InChI=1S/C21H26N6O3S/c1-14-8-19(26-25-14)22-18-12-20(27-4-6-30-7-5-27)24-21(23-18)31-13-15-9-16(28-2)11-17(10-15)29-3/h8-12H,4-7,13H2,1-3H3,(H2,22,23,24,25,26). The van der Waals surface area contributed by atoms with Gasteiger partial charge in [-0.1, -0.05) is 11.8 Å². The molecule has 0 bridgehead atoms. The molecule has 0 saturated carbocycles. The number of thioether (sulfide) groups is 1. The van der Waals surface area contributed by atoms with E-state index in [9.17, 15) is 0 Å². The number of ether oxygens (including phenoxy) is 3. The van der Waals surface area contributed by atoms with Crippen LogP contribution in [0.1, 0.15) is 11.3 Å². The zero-order valence-corrected chi connectivity index (χ0v) is 18.7. The predicted octanol–water partition coefficient (Wildman–Crippen LogP) is 3.40. The van der Waals surface area contributed by atoms with Gasteiger partial charge in [0.15, 0.2) is 5.16 Å². The van der Waals surface area contributed by atoms with Gasteiger partial charge in [0.2, 0.25) is 0 Å². The largest absolute Gasteiger partial charge is 0.497 e. The van der Waals surface area contributed by atoms with E-state index in [4.69, 9.17) is 24.2 Å². The van der Waals surface area contributed by atoms with Crippen molar-refractivity contribution in [3.63, 3.8) is 0 Å². The molecule has 3 aromatic rings. The number of hydrogen-bond donors (Lipinski definition) is 2. The number of hydrogen-bond acceptors (Lipinski definition) is 9. The Morgan fingerprint density at radius 1 is 1.06 bits per heavy atom. The number of rotatable bonds is 8. The van der Waals surface area contributed by atoms with E-state index >= 15 is 0 Å². The minimum atomic E-state index is 0.683. The van der Waals surface area contributed by atoms with Crippen LogP contribution < -0.4 is 19.7 Å². The number of nitrogens with one attached hydrogen (secondary N) is 2. The summed E-state index contributed by atoms with van der Waals surface area (Å²) in [6, 6.07) is 9.74. The molecule has 3 heterocycles. The Bertz CT molecular complexity index is 1000. The Morgan fingerprint density at radius 2 is 1.81 bits per heavy atom. The Hall–Kier alpha value is -2.98. The molecule has 31 heavy (non-hydrogen) atoms. The van der Waals surface area contributed by atoms with Gasteiger partial charge in [-0.2, -0.15) is 5.10 Å². The number of methoxy groups -OCH3 is 2. The number of aryl methyl sites for hydroxylation is 1. The monoisotopic (exact) mass is 442 g/mol. The third-order valence-electron chi connectivity index (χ3n) is 4.78. The zero-order valence-electron chi connectivity index (χ0n) is 17.8. The fourth-order valence-corrected chi connectivity index (χ4v) is 4.00. The molecule has 0 spiro atoms. The van der Waals surface area contributed by atoms with Crippen molar-refractivity contribution in [3.8, 4) is 11.5 Å². The third-order valence-corrected chi connectivity index (χ3v) is 5.69. The van der Waals surface area contributed by atoms with Crippen LogP contribution in [-0.2, 0) is 10.5 Å². The molecule has 1 aliphatic heterocycles. The highest BCUT2D eigenvalue weighted by molar-refractivity contribution is 7.98. The van der Waals surface area contributed by atoms with Gasteiger partial charge in [-0.15, -0.1) is 0 Å². The van der Waals surface area contributed by atoms with E-state index in [0.717, 1.165) is 47.5 Å². The first-order valence-corrected chi connectivity index (χ1v) is 11.0. The summed E-state index contributed by atoms with van der Waals surface area (Å²) in [4.78, 5) is 11.7. The summed E-state index contributed by atoms with van der Waals surface area (Å²) in [7, 11) is 3.30. The Kier molecular flexibility index (Phi) is 6.78. The van der Waals surface area contributed by atoms with Crippen LogP contribution in [0, 0.1) is 6.92 Å². The molecular weight excluding hydrogens is 416 g/mol. The fraction of sp³-hybridized carbons (Fsp3) is 0.381. The normalized spacial score (nSPS) is 13.8. The first-order chi connectivity index (χ1) is 15.1. The molecule has 4 rings (SSSR count). The van der Waals surface area contributed by atoms with Gasteiger partial charge in [0.25, 0.3) is 0 Å². The molecule has 10 heteroatoms. The summed E-state index contributed by atoms with van der Waals surface area (Å²) in [6.45, 7) is 4.93. The number of anilines is 3. The molecule has 1 fully saturated rings. The second-order valence-corrected chi connectivity index (χ2v) is 7.99. The maximum atomic E-state index is 5.49. The highest BCUT2D eigenvalue weighted by atomic mass is 32.2. The fourth-order valence-electron chi connectivity index (χ4n) is 3.22. The summed E-state index contributed by atoms with van der Waals surface area (Å²) >= 11 is 1.56. The summed E-state index contributed by atoms with van der Waals surface area (Å²) in [5, 5.41) is 11.1. The molecule has 1 aliphatic rings. The molecule has 0 radical (unpaired) electrons. The molecule has 164 valence electrons. The second kappa shape index (κ2) is 9.88. The van der Waals surface area contributed by atoms with Gasteiger partial charge in [0, 0.05) is 37.0 Å². The smallest absolute Gasteiger partial charge is 0.191 e. The number of morpholine rings is 1. The van der Waals surface area contributed by atoms with Crippen molar-refractivity contribution >= 4 is 29.2 Å². The SMILES string of the molecule is COc1cc(CSc2nc(Nc3cc(C)n[nH]3)cc(N3CCOCC3)n2)cc(OC)c1. The topological polar surface area (TPSA) is 97.4 Å². The van der Waals surface area contributed by atoms with Crippen LogP contribution in [0.25, 0.3) is 0 Å².